The van der Waals surface area contributed by atoms with Crippen LogP contribution in [0.3, 0.4) is 0 Å². The number of carbonyl (C=O) groups is 2. The van der Waals surface area contributed by atoms with Crippen molar-refractivity contribution in [1.82, 2.24) is 5.32 Å². The highest BCUT2D eigenvalue weighted by atomic mass is 35.5. The lowest BCUT2D eigenvalue weighted by molar-refractivity contribution is -0.143. The number of aliphatic carboxylic acids is 1. The summed E-state index contributed by atoms with van der Waals surface area (Å²) in [7, 11) is 0. The standard InChI is InChI=1S/C12H11Cl2FN2O3/c13-7-3-6(4-8(14)9(7)15)17-11(20)16-5-12(1-2-12)10(18)19/h3-4H,1-2,5H2,(H,18,19)(H2,16,17,20). The summed E-state index contributed by atoms with van der Waals surface area (Å²) < 4.78 is 13.2. The molecule has 1 fully saturated rings. The summed E-state index contributed by atoms with van der Waals surface area (Å²) in [6.45, 7) is 0.0385. The molecule has 0 atom stereocenters. The van der Waals surface area contributed by atoms with Crippen molar-refractivity contribution in [3.05, 3.63) is 28.0 Å². The molecule has 0 aliphatic heterocycles. The number of carboxylic acid groups (broad SMARTS) is 1. The van der Waals surface area contributed by atoms with Gasteiger partial charge in [-0.3, -0.25) is 4.79 Å². The van der Waals surface area contributed by atoms with Crippen LogP contribution in [0.25, 0.3) is 0 Å². The predicted octanol–water partition coefficient (Wildman–Crippen LogP) is 3.12. The second-order valence-electron chi connectivity index (χ2n) is 4.65. The van der Waals surface area contributed by atoms with E-state index in [2.05, 4.69) is 10.6 Å². The number of carboxylic acids is 1. The summed E-state index contributed by atoms with van der Waals surface area (Å²) in [4.78, 5) is 22.6. The average Bonchev–Trinajstić information content (AvgIpc) is 3.14. The first-order valence-corrected chi connectivity index (χ1v) is 6.52. The SMILES string of the molecule is O=C(NCC1(C(=O)O)CC1)Nc1cc(Cl)c(F)c(Cl)c1. The highest BCUT2D eigenvalue weighted by Gasteiger charge is 2.50. The number of hydrogen-bond donors (Lipinski definition) is 3. The highest BCUT2D eigenvalue weighted by molar-refractivity contribution is 6.35. The van der Waals surface area contributed by atoms with E-state index in [1.165, 1.54) is 12.1 Å². The van der Waals surface area contributed by atoms with Crippen LogP contribution in [-0.4, -0.2) is 23.7 Å². The number of urea groups is 1. The fourth-order valence-electron chi connectivity index (χ4n) is 1.67. The van der Waals surface area contributed by atoms with E-state index in [-0.39, 0.29) is 22.3 Å². The minimum absolute atomic E-state index is 0.0385. The number of benzene rings is 1. The summed E-state index contributed by atoms with van der Waals surface area (Å²) >= 11 is 11.2. The Balaban J connectivity index is 1.94. The van der Waals surface area contributed by atoms with Crippen molar-refractivity contribution in [3.63, 3.8) is 0 Å². The summed E-state index contributed by atoms with van der Waals surface area (Å²) in [5, 5.41) is 13.4. The summed E-state index contributed by atoms with van der Waals surface area (Å²) in [6, 6.07) is 1.83. The number of carbonyl (C=O) groups excluding carboxylic acids is 1. The molecule has 8 heteroatoms. The first-order valence-electron chi connectivity index (χ1n) is 5.77. The fourth-order valence-corrected chi connectivity index (χ4v) is 2.16. The van der Waals surface area contributed by atoms with E-state index >= 15 is 0 Å². The van der Waals surface area contributed by atoms with Crippen molar-refractivity contribution in [3.8, 4) is 0 Å². The maximum atomic E-state index is 13.2. The second kappa shape index (κ2) is 5.46. The van der Waals surface area contributed by atoms with Crippen molar-refractivity contribution in [2.45, 2.75) is 12.8 Å². The Morgan fingerprint density at radius 2 is 1.85 bits per heavy atom. The van der Waals surface area contributed by atoms with Crippen LogP contribution in [0.5, 0.6) is 0 Å². The molecule has 0 heterocycles. The van der Waals surface area contributed by atoms with Crippen LogP contribution in [0.2, 0.25) is 10.0 Å². The van der Waals surface area contributed by atoms with E-state index < -0.39 is 23.2 Å². The molecule has 108 valence electrons. The van der Waals surface area contributed by atoms with E-state index in [9.17, 15) is 14.0 Å². The van der Waals surface area contributed by atoms with Gasteiger partial charge in [0.15, 0.2) is 5.82 Å². The predicted molar refractivity (Wildman–Crippen MR) is 72.7 cm³/mol. The van der Waals surface area contributed by atoms with Gasteiger partial charge in [-0.25, -0.2) is 9.18 Å². The van der Waals surface area contributed by atoms with Gasteiger partial charge in [-0.1, -0.05) is 23.2 Å². The van der Waals surface area contributed by atoms with Gasteiger partial charge in [0.25, 0.3) is 0 Å². The zero-order chi connectivity index (χ0) is 14.9. The number of anilines is 1. The minimum Gasteiger partial charge on any atom is -0.481 e. The van der Waals surface area contributed by atoms with Gasteiger partial charge in [0.2, 0.25) is 0 Å². The highest BCUT2D eigenvalue weighted by Crippen LogP contribution is 2.45. The monoisotopic (exact) mass is 320 g/mol. The average molecular weight is 321 g/mol. The number of amides is 2. The Labute approximate surface area is 124 Å². The molecule has 2 rings (SSSR count). The molecule has 0 bridgehead atoms. The van der Waals surface area contributed by atoms with Crippen molar-refractivity contribution < 1.29 is 19.1 Å². The first-order chi connectivity index (χ1) is 9.34. The molecule has 0 unspecified atom stereocenters. The number of nitrogens with one attached hydrogen (secondary N) is 2. The smallest absolute Gasteiger partial charge is 0.319 e. The lowest BCUT2D eigenvalue weighted by Gasteiger charge is -2.12. The molecule has 1 aromatic carbocycles. The van der Waals surface area contributed by atoms with Crippen molar-refractivity contribution in [1.29, 1.82) is 0 Å². The van der Waals surface area contributed by atoms with Crippen molar-refractivity contribution >= 4 is 40.9 Å². The lowest BCUT2D eigenvalue weighted by Crippen LogP contribution is -2.36. The van der Waals surface area contributed by atoms with Gasteiger partial charge in [-0.05, 0) is 25.0 Å². The third-order valence-electron chi connectivity index (χ3n) is 3.14. The molecule has 2 amide bonds. The Hall–Kier alpha value is -1.53. The molecule has 0 saturated heterocycles. The van der Waals surface area contributed by atoms with Crippen molar-refractivity contribution in [2.75, 3.05) is 11.9 Å². The maximum absolute atomic E-state index is 13.2. The topological polar surface area (TPSA) is 78.4 Å². The van der Waals surface area contributed by atoms with Crippen LogP contribution in [0.4, 0.5) is 14.9 Å². The largest absolute Gasteiger partial charge is 0.481 e. The van der Waals surface area contributed by atoms with Gasteiger partial charge in [0.1, 0.15) is 0 Å². The molecular formula is C12H11Cl2FN2O3. The lowest BCUT2D eigenvalue weighted by atomic mass is 10.1. The molecule has 20 heavy (non-hydrogen) atoms. The zero-order valence-corrected chi connectivity index (χ0v) is 11.7. The number of halogens is 3. The van der Waals surface area contributed by atoms with Gasteiger partial charge in [0.05, 0.1) is 15.5 Å². The molecule has 1 aromatic rings. The van der Waals surface area contributed by atoms with Crippen LogP contribution in [-0.2, 0) is 4.79 Å². The van der Waals surface area contributed by atoms with Gasteiger partial charge in [-0.2, -0.15) is 0 Å². The second-order valence-corrected chi connectivity index (χ2v) is 5.46. The molecule has 1 aliphatic carbocycles. The van der Waals surface area contributed by atoms with Gasteiger partial charge in [0, 0.05) is 12.2 Å². The molecule has 0 radical (unpaired) electrons. The van der Waals surface area contributed by atoms with E-state index in [4.69, 9.17) is 28.3 Å². The summed E-state index contributed by atoms with van der Waals surface area (Å²) in [6.07, 6.45) is 1.08. The van der Waals surface area contributed by atoms with Crippen LogP contribution < -0.4 is 10.6 Å². The van der Waals surface area contributed by atoms with Crippen LogP contribution in [0.1, 0.15) is 12.8 Å². The number of hydrogen-bond acceptors (Lipinski definition) is 2. The van der Waals surface area contributed by atoms with E-state index in [0.717, 1.165) is 0 Å². The molecule has 1 aliphatic rings. The minimum atomic E-state index is -0.925. The third-order valence-corrected chi connectivity index (χ3v) is 3.69. The van der Waals surface area contributed by atoms with Gasteiger partial charge in [-0.15, -0.1) is 0 Å². The quantitative estimate of drug-likeness (QED) is 0.746. The molecular weight excluding hydrogens is 310 g/mol. The van der Waals surface area contributed by atoms with E-state index in [1.807, 2.05) is 0 Å². The van der Waals surface area contributed by atoms with Crippen molar-refractivity contribution in [2.24, 2.45) is 5.41 Å². The summed E-state index contributed by atoms with van der Waals surface area (Å²) in [5.74, 6) is -1.69. The molecule has 3 N–H and O–H groups in total. The molecule has 0 aromatic heterocycles. The Bertz CT molecular complexity index is 553. The van der Waals surface area contributed by atoms with Gasteiger partial charge < -0.3 is 15.7 Å². The Morgan fingerprint density at radius 3 is 2.30 bits per heavy atom. The maximum Gasteiger partial charge on any atom is 0.319 e. The normalized spacial score (nSPS) is 15.6. The summed E-state index contributed by atoms with van der Waals surface area (Å²) in [5.41, 5.74) is -0.630. The van der Waals surface area contributed by atoms with Gasteiger partial charge >= 0.3 is 12.0 Å². The zero-order valence-electron chi connectivity index (χ0n) is 10.2. The Kier molecular flexibility index (Phi) is 4.06. The van der Waals surface area contributed by atoms with E-state index in [0.29, 0.717) is 12.8 Å². The third kappa shape index (κ3) is 3.13. The van der Waals surface area contributed by atoms with Crippen LogP contribution in [0, 0.1) is 11.2 Å². The van der Waals surface area contributed by atoms with Crippen LogP contribution in [0.15, 0.2) is 12.1 Å². The Morgan fingerprint density at radius 1 is 1.30 bits per heavy atom. The van der Waals surface area contributed by atoms with E-state index in [1.54, 1.807) is 0 Å². The molecule has 5 nitrogen and oxygen atoms in total. The van der Waals surface area contributed by atoms with Crippen LogP contribution >= 0.6 is 23.2 Å². The number of rotatable bonds is 4. The molecule has 0 spiro atoms. The molecule has 1 saturated carbocycles. The fraction of sp³-hybridized carbons (Fsp3) is 0.333. The first kappa shape index (κ1) is 14.9.